The van der Waals surface area contributed by atoms with Crippen LogP contribution >= 0.6 is 0 Å². The number of benzene rings is 2. The monoisotopic (exact) mass is 374 g/mol. The van der Waals surface area contributed by atoms with E-state index < -0.39 is 5.97 Å². The third kappa shape index (κ3) is 2.48. The Morgan fingerprint density at radius 3 is 1.89 bits per heavy atom. The predicted molar refractivity (Wildman–Crippen MR) is 93.3 cm³/mol. The molecular weight excluding hydrogens is 356 g/mol. The lowest BCUT2D eigenvalue weighted by molar-refractivity contribution is 0.0601. The van der Waals surface area contributed by atoms with Crippen molar-refractivity contribution in [1.29, 1.82) is 0 Å². The number of hydrogen-bond acceptors (Lipinski definition) is 8. The molecule has 2 aromatic rings. The van der Waals surface area contributed by atoms with Crippen LogP contribution in [-0.4, -0.2) is 40.9 Å². The van der Waals surface area contributed by atoms with E-state index in [1.165, 1.54) is 14.2 Å². The fourth-order valence-electron chi connectivity index (χ4n) is 3.33. The van der Waals surface area contributed by atoms with Crippen LogP contribution in [0.1, 0.15) is 15.9 Å². The van der Waals surface area contributed by atoms with Crippen molar-refractivity contribution in [2.75, 3.05) is 34.9 Å². The average molecular weight is 374 g/mol. The largest absolute Gasteiger partial charge is 0.493 e. The van der Waals surface area contributed by atoms with E-state index in [1.54, 1.807) is 13.2 Å². The van der Waals surface area contributed by atoms with Crippen LogP contribution in [0.3, 0.4) is 0 Å². The maximum atomic E-state index is 12.5. The van der Waals surface area contributed by atoms with Crippen molar-refractivity contribution in [3.8, 4) is 45.6 Å². The van der Waals surface area contributed by atoms with Crippen molar-refractivity contribution >= 4 is 5.97 Å². The predicted octanol–water partition coefficient (Wildman–Crippen LogP) is 2.92. The zero-order chi connectivity index (χ0) is 19.1. The van der Waals surface area contributed by atoms with Crippen LogP contribution in [0.15, 0.2) is 12.1 Å². The van der Waals surface area contributed by atoms with E-state index in [0.29, 0.717) is 45.6 Å². The Morgan fingerprint density at radius 1 is 0.815 bits per heavy atom. The van der Waals surface area contributed by atoms with Crippen LogP contribution in [0, 0.1) is 6.92 Å². The topological polar surface area (TPSA) is 81.7 Å². The van der Waals surface area contributed by atoms with E-state index in [4.69, 9.17) is 33.2 Å². The van der Waals surface area contributed by atoms with Gasteiger partial charge in [0.25, 0.3) is 0 Å². The molecule has 4 rings (SSSR count). The SMILES string of the molecule is COC(=O)c1cc(OC)c2c(c1-c1c(C)cc(OC)c3c1OCO3)OCO2. The van der Waals surface area contributed by atoms with Crippen molar-refractivity contribution < 1.29 is 38.0 Å². The van der Waals surface area contributed by atoms with E-state index in [1.807, 2.05) is 13.0 Å². The molecule has 2 aliphatic rings. The molecule has 0 fully saturated rings. The minimum atomic E-state index is -0.538. The molecule has 0 saturated heterocycles. The van der Waals surface area contributed by atoms with Gasteiger partial charge in [-0.1, -0.05) is 0 Å². The molecule has 0 bridgehead atoms. The summed E-state index contributed by atoms with van der Waals surface area (Å²) in [6.45, 7) is 1.94. The highest BCUT2D eigenvalue weighted by molar-refractivity contribution is 6.03. The minimum Gasteiger partial charge on any atom is -0.493 e. The van der Waals surface area contributed by atoms with E-state index in [0.717, 1.165) is 5.56 Å². The Balaban J connectivity index is 2.08. The molecule has 2 aliphatic heterocycles. The Labute approximate surface area is 155 Å². The van der Waals surface area contributed by atoms with Gasteiger partial charge < -0.3 is 33.2 Å². The molecule has 27 heavy (non-hydrogen) atoms. The molecule has 0 aromatic heterocycles. The molecule has 0 spiro atoms. The van der Waals surface area contributed by atoms with Gasteiger partial charge in [0.15, 0.2) is 23.0 Å². The lowest BCUT2D eigenvalue weighted by atomic mass is 9.92. The molecule has 0 N–H and O–H groups in total. The third-order valence-corrected chi connectivity index (χ3v) is 4.51. The second-order valence-corrected chi connectivity index (χ2v) is 5.89. The molecule has 0 unspecified atom stereocenters. The fourth-order valence-corrected chi connectivity index (χ4v) is 3.33. The number of fused-ring (bicyclic) bond motifs is 2. The summed E-state index contributed by atoms with van der Waals surface area (Å²) >= 11 is 0. The molecule has 0 aliphatic carbocycles. The van der Waals surface area contributed by atoms with E-state index in [9.17, 15) is 4.79 Å². The van der Waals surface area contributed by atoms with Gasteiger partial charge in [0, 0.05) is 11.1 Å². The fraction of sp³-hybridized carbons (Fsp3) is 0.316. The number of esters is 1. The molecule has 0 atom stereocenters. The maximum Gasteiger partial charge on any atom is 0.338 e. The van der Waals surface area contributed by atoms with Gasteiger partial charge in [0.1, 0.15) is 0 Å². The number of methoxy groups -OCH3 is 3. The van der Waals surface area contributed by atoms with E-state index in [-0.39, 0.29) is 19.1 Å². The zero-order valence-electron chi connectivity index (χ0n) is 15.3. The smallest absolute Gasteiger partial charge is 0.338 e. The highest BCUT2D eigenvalue weighted by atomic mass is 16.7. The van der Waals surface area contributed by atoms with E-state index in [2.05, 4.69) is 0 Å². The van der Waals surface area contributed by atoms with Gasteiger partial charge in [0.05, 0.1) is 26.9 Å². The minimum absolute atomic E-state index is 0.0120. The Bertz CT molecular complexity index is 934. The lowest BCUT2D eigenvalue weighted by Gasteiger charge is -2.18. The summed E-state index contributed by atoms with van der Waals surface area (Å²) < 4.78 is 38.2. The first-order chi connectivity index (χ1) is 13.1. The molecule has 0 saturated carbocycles. The highest BCUT2D eigenvalue weighted by Crippen LogP contribution is 2.56. The summed E-state index contributed by atoms with van der Waals surface area (Å²) in [7, 11) is 4.36. The third-order valence-electron chi connectivity index (χ3n) is 4.51. The molecule has 2 heterocycles. The van der Waals surface area contributed by atoms with Crippen molar-refractivity contribution in [1.82, 2.24) is 0 Å². The van der Waals surface area contributed by atoms with Crippen molar-refractivity contribution in [3.05, 3.63) is 23.3 Å². The Hall–Kier alpha value is -3.29. The molecule has 8 heteroatoms. The number of carbonyl (C=O) groups is 1. The number of hydrogen-bond donors (Lipinski definition) is 0. The first-order valence-corrected chi connectivity index (χ1v) is 8.17. The van der Waals surface area contributed by atoms with Crippen molar-refractivity contribution in [2.24, 2.45) is 0 Å². The molecule has 2 aromatic carbocycles. The van der Waals surface area contributed by atoms with Crippen LogP contribution in [0.5, 0.6) is 34.5 Å². The van der Waals surface area contributed by atoms with Gasteiger partial charge in [0.2, 0.25) is 25.1 Å². The summed E-state index contributed by atoms with van der Waals surface area (Å²) in [6, 6.07) is 3.39. The van der Waals surface area contributed by atoms with Gasteiger partial charge in [-0.05, 0) is 24.6 Å². The summed E-state index contributed by atoms with van der Waals surface area (Å²) in [5.41, 5.74) is 2.22. The van der Waals surface area contributed by atoms with Gasteiger partial charge >= 0.3 is 5.97 Å². The summed E-state index contributed by atoms with van der Waals surface area (Å²) in [6.07, 6.45) is 0. The quantitative estimate of drug-likeness (QED) is 0.756. The highest BCUT2D eigenvalue weighted by Gasteiger charge is 2.35. The summed E-state index contributed by atoms with van der Waals surface area (Å²) in [5.74, 6) is 2.14. The normalized spacial score (nSPS) is 13.5. The number of aryl methyl sites for hydroxylation is 1. The van der Waals surface area contributed by atoms with Gasteiger partial charge in [-0.15, -0.1) is 0 Å². The first kappa shape index (κ1) is 17.1. The zero-order valence-corrected chi connectivity index (χ0v) is 15.3. The van der Waals surface area contributed by atoms with Crippen molar-refractivity contribution in [2.45, 2.75) is 6.92 Å². The lowest BCUT2D eigenvalue weighted by Crippen LogP contribution is -2.06. The second kappa shape index (κ2) is 6.46. The van der Waals surface area contributed by atoms with Crippen LogP contribution in [-0.2, 0) is 4.74 Å². The maximum absolute atomic E-state index is 12.5. The molecular formula is C19H18O8. The standard InChI is InChI=1S/C19H18O8/c1-9-5-11(21-2)15-17(26-7-24-15)13(9)14-10(19(20)23-4)6-12(22-3)16-18(14)27-8-25-16/h5-6H,7-8H2,1-4H3. The molecule has 142 valence electrons. The first-order valence-electron chi connectivity index (χ1n) is 8.17. The molecule has 8 nitrogen and oxygen atoms in total. The van der Waals surface area contributed by atoms with Gasteiger partial charge in [-0.2, -0.15) is 0 Å². The van der Waals surface area contributed by atoms with E-state index >= 15 is 0 Å². The van der Waals surface area contributed by atoms with Crippen LogP contribution in [0.4, 0.5) is 0 Å². The number of ether oxygens (including phenoxy) is 7. The summed E-state index contributed by atoms with van der Waals surface area (Å²) in [5, 5.41) is 0. The Morgan fingerprint density at radius 2 is 1.33 bits per heavy atom. The average Bonchev–Trinajstić information content (AvgIpc) is 3.35. The van der Waals surface area contributed by atoms with Crippen LogP contribution < -0.4 is 28.4 Å². The van der Waals surface area contributed by atoms with Crippen LogP contribution in [0.2, 0.25) is 0 Å². The molecule has 0 amide bonds. The van der Waals surface area contributed by atoms with Crippen LogP contribution in [0.25, 0.3) is 11.1 Å². The summed E-state index contributed by atoms with van der Waals surface area (Å²) in [4.78, 5) is 12.5. The number of carbonyl (C=O) groups excluding carboxylic acids is 1. The second-order valence-electron chi connectivity index (χ2n) is 5.89. The van der Waals surface area contributed by atoms with Gasteiger partial charge in [-0.3, -0.25) is 0 Å². The molecule has 0 radical (unpaired) electrons. The van der Waals surface area contributed by atoms with Gasteiger partial charge in [-0.25, -0.2) is 4.79 Å². The van der Waals surface area contributed by atoms with Crippen molar-refractivity contribution in [3.63, 3.8) is 0 Å². The Kier molecular flexibility index (Phi) is 4.10. The number of rotatable bonds is 4.